The average Bonchev–Trinajstić information content (AvgIpc) is 3.00. The number of aromatic nitrogens is 2. The Hall–Kier alpha value is -2.70. The van der Waals surface area contributed by atoms with E-state index in [-0.39, 0.29) is 11.8 Å². The average molecular weight is 303 g/mol. The summed E-state index contributed by atoms with van der Waals surface area (Å²) in [6.45, 7) is 0. The standard InChI is InChI=1S/C15H17N3O4/c1-20-11-6-13(22-3)12(21-2)4-9(11)8-5-14(19)17-15-10(8)7-16-18-15/h4,6-8H,5H2,1-3H3,(H2,16,17,18,19)/t8-/m0/s1. The molecule has 1 aromatic carbocycles. The Morgan fingerprint density at radius 3 is 2.41 bits per heavy atom. The van der Waals surface area contributed by atoms with Crippen molar-refractivity contribution in [1.29, 1.82) is 0 Å². The van der Waals surface area contributed by atoms with Crippen LogP contribution in [-0.4, -0.2) is 37.4 Å². The summed E-state index contributed by atoms with van der Waals surface area (Å²) in [6.07, 6.45) is 2.04. The van der Waals surface area contributed by atoms with Gasteiger partial charge in [-0.05, 0) is 6.07 Å². The van der Waals surface area contributed by atoms with E-state index in [1.54, 1.807) is 33.6 Å². The predicted molar refractivity (Wildman–Crippen MR) is 79.8 cm³/mol. The van der Waals surface area contributed by atoms with Gasteiger partial charge in [-0.3, -0.25) is 9.89 Å². The molecule has 7 nitrogen and oxygen atoms in total. The maximum Gasteiger partial charge on any atom is 0.226 e. The van der Waals surface area contributed by atoms with Gasteiger partial charge < -0.3 is 19.5 Å². The summed E-state index contributed by atoms with van der Waals surface area (Å²) in [5.41, 5.74) is 1.78. The molecule has 7 heteroatoms. The molecule has 0 spiro atoms. The Balaban J connectivity index is 2.14. The molecule has 3 rings (SSSR count). The van der Waals surface area contributed by atoms with Gasteiger partial charge in [-0.25, -0.2) is 0 Å². The van der Waals surface area contributed by atoms with Crippen LogP contribution >= 0.6 is 0 Å². The van der Waals surface area contributed by atoms with Crippen molar-refractivity contribution in [2.24, 2.45) is 0 Å². The minimum absolute atomic E-state index is 0.0708. The number of hydrogen-bond acceptors (Lipinski definition) is 5. The molecule has 0 saturated heterocycles. The first kappa shape index (κ1) is 14.2. The Kier molecular flexibility index (Phi) is 3.62. The monoisotopic (exact) mass is 303 g/mol. The lowest BCUT2D eigenvalue weighted by molar-refractivity contribution is -0.116. The number of aromatic amines is 1. The molecular weight excluding hydrogens is 286 g/mol. The third-order valence-electron chi connectivity index (χ3n) is 3.81. The molecular formula is C15H17N3O4. The van der Waals surface area contributed by atoms with Gasteiger partial charge >= 0.3 is 0 Å². The molecule has 0 saturated carbocycles. The summed E-state index contributed by atoms with van der Waals surface area (Å²) >= 11 is 0. The molecule has 0 aliphatic carbocycles. The van der Waals surface area contributed by atoms with Crippen molar-refractivity contribution in [3.05, 3.63) is 29.5 Å². The quantitative estimate of drug-likeness (QED) is 0.901. The molecule has 22 heavy (non-hydrogen) atoms. The first-order valence-electron chi connectivity index (χ1n) is 6.81. The number of nitrogens with zero attached hydrogens (tertiary/aromatic N) is 1. The minimum atomic E-state index is -0.155. The summed E-state index contributed by atoms with van der Waals surface area (Å²) < 4.78 is 16.1. The fraction of sp³-hybridized carbons (Fsp3) is 0.333. The Labute approximate surface area is 127 Å². The Morgan fingerprint density at radius 2 is 1.73 bits per heavy atom. The van der Waals surface area contributed by atoms with Crippen molar-refractivity contribution in [2.45, 2.75) is 12.3 Å². The van der Waals surface area contributed by atoms with Crippen LogP contribution in [0.4, 0.5) is 5.82 Å². The Morgan fingerprint density at radius 1 is 1.05 bits per heavy atom. The highest BCUT2D eigenvalue weighted by molar-refractivity contribution is 5.94. The normalized spacial score (nSPS) is 16.7. The highest BCUT2D eigenvalue weighted by Crippen LogP contribution is 2.44. The molecule has 1 amide bonds. The third kappa shape index (κ3) is 2.24. The maximum absolute atomic E-state index is 11.9. The van der Waals surface area contributed by atoms with E-state index in [2.05, 4.69) is 15.5 Å². The van der Waals surface area contributed by atoms with Gasteiger partial charge in [-0.1, -0.05) is 0 Å². The van der Waals surface area contributed by atoms with E-state index in [1.807, 2.05) is 6.07 Å². The molecule has 2 heterocycles. The smallest absolute Gasteiger partial charge is 0.226 e. The van der Waals surface area contributed by atoms with Crippen LogP contribution in [0.1, 0.15) is 23.5 Å². The summed E-state index contributed by atoms with van der Waals surface area (Å²) in [4.78, 5) is 11.9. The van der Waals surface area contributed by atoms with Crippen LogP contribution in [0.25, 0.3) is 0 Å². The zero-order valence-electron chi connectivity index (χ0n) is 12.6. The fourth-order valence-corrected chi connectivity index (χ4v) is 2.75. The van der Waals surface area contributed by atoms with Gasteiger partial charge in [0.1, 0.15) is 11.6 Å². The first-order chi connectivity index (χ1) is 10.7. The van der Waals surface area contributed by atoms with Gasteiger partial charge in [0.2, 0.25) is 5.91 Å². The summed E-state index contributed by atoms with van der Waals surface area (Å²) in [6, 6.07) is 3.61. The zero-order chi connectivity index (χ0) is 15.7. The second-order valence-electron chi connectivity index (χ2n) is 4.95. The number of amides is 1. The third-order valence-corrected chi connectivity index (χ3v) is 3.81. The van der Waals surface area contributed by atoms with Crippen molar-refractivity contribution in [2.75, 3.05) is 26.6 Å². The first-order valence-corrected chi connectivity index (χ1v) is 6.81. The highest BCUT2D eigenvalue weighted by Gasteiger charge is 2.31. The molecule has 1 aliphatic rings. The van der Waals surface area contributed by atoms with E-state index < -0.39 is 0 Å². The summed E-state index contributed by atoms with van der Waals surface area (Å²) in [5, 5.41) is 9.58. The molecule has 1 aromatic heterocycles. The molecule has 1 atom stereocenters. The molecule has 0 bridgehead atoms. The van der Waals surface area contributed by atoms with E-state index in [0.29, 0.717) is 29.5 Å². The van der Waals surface area contributed by atoms with E-state index in [9.17, 15) is 4.79 Å². The molecule has 2 aromatic rings. The lowest BCUT2D eigenvalue weighted by Gasteiger charge is -2.24. The van der Waals surface area contributed by atoms with Crippen molar-refractivity contribution in [3.63, 3.8) is 0 Å². The van der Waals surface area contributed by atoms with Crippen LogP contribution in [0, 0.1) is 0 Å². The topological polar surface area (TPSA) is 85.5 Å². The molecule has 1 aliphatic heterocycles. The van der Waals surface area contributed by atoms with Crippen LogP contribution in [-0.2, 0) is 4.79 Å². The number of fused-ring (bicyclic) bond motifs is 1. The molecule has 0 radical (unpaired) electrons. The number of ether oxygens (including phenoxy) is 3. The largest absolute Gasteiger partial charge is 0.496 e. The van der Waals surface area contributed by atoms with E-state index in [1.165, 1.54) is 0 Å². The van der Waals surface area contributed by atoms with Gasteiger partial charge in [0, 0.05) is 29.5 Å². The fourth-order valence-electron chi connectivity index (χ4n) is 2.75. The van der Waals surface area contributed by atoms with E-state index in [4.69, 9.17) is 14.2 Å². The molecule has 2 N–H and O–H groups in total. The Bertz CT molecular complexity index is 711. The number of methoxy groups -OCH3 is 3. The van der Waals surface area contributed by atoms with Crippen LogP contribution < -0.4 is 19.5 Å². The lowest BCUT2D eigenvalue weighted by atomic mass is 9.86. The van der Waals surface area contributed by atoms with Gasteiger partial charge in [-0.15, -0.1) is 0 Å². The molecule has 0 fully saturated rings. The van der Waals surface area contributed by atoms with Gasteiger partial charge in [0.15, 0.2) is 11.5 Å². The highest BCUT2D eigenvalue weighted by atomic mass is 16.5. The molecule has 116 valence electrons. The van der Waals surface area contributed by atoms with E-state index in [0.717, 1.165) is 11.1 Å². The minimum Gasteiger partial charge on any atom is -0.496 e. The number of rotatable bonds is 4. The number of hydrogen-bond donors (Lipinski definition) is 2. The molecule has 0 unspecified atom stereocenters. The van der Waals surface area contributed by atoms with Crippen molar-refractivity contribution < 1.29 is 19.0 Å². The van der Waals surface area contributed by atoms with Gasteiger partial charge in [0.05, 0.1) is 27.5 Å². The van der Waals surface area contributed by atoms with Crippen LogP contribution in [0.5, 0.6) is 17.2 Å². The predicted octanol–water partition coefficient (Wildman–Crippen LogP) is 1.91. The van der Waals surface area contributed by atoms with Crippen molar-refractivity contribution in [3.8, 4) is 17.2 Å². The number of H-pyrrole nitrogens is 1. The van der Waals surface area contributed by atoms with Gasteiger partial charge in [-0.2, -0.15) is 5.10 Å². The van der Waals surface area contributed by atoms with E-state index >= 15 is 0 Å². The maximum atomic E-state index is 11.9. The number of nitrogens with one attached hydrogen (secondary N) is 2. The van der Waals surface area contributed by atoms with Crippen LogP contribution in [0.2, 0.25) is 0 Å². The van der Waals surface area contributed by atoms with Crippen molar-refractivity contribution in [1.82, 2.24) is 10.2 Å². The number of carbonyl (C=O) groups excluding carboxylic acids is 1. The van der Waals surface area contributed by atoms with Crippen molar-refractivity contribution >= 4 is 11.7 Å². The summed E-state index contributed by atoms with van der Waals surface area (Å²) in [7, 11) is 4.73. The lowest BCUT2D eigenvalue weighted by Crippen LogP contribution is -2.23. The SMILES string of the molecule is COc1cc(OC)c([C@@H]2CC(=O)Nc3[nH]ncc32)cc1OC. The second kappa shape index (κ2) is 5.59. The van der Waals surface area contributed by atoms with Crippen LogP contribution in [0.3, 0.4) is 0 Å². The number of benzene rings is 1. The number of anilines is 1. The second-order valence-corrected chi connectivity index (χ2v) is 4.95. The van der Waals surface area contributed by atoms with Crippen LogP contribution in [0.15, 0.2) is 18.3 Å². The summed E-state index contributed by atoms with van der Waals surface area (Å²) in [5.74, 6) is 2.21. The zero-order valence-corrected chi connectivity index (χ0v) is 12.6. The number of carbonyl (C=O) groups is 1. The van der Waals surface area contributed by atoms with Gasteiger partial charge in [0.25, 0.3) is 0 Å².